The molecule has 1 fully saturated rings. The Kier molecular flexibility index (Phi) is 3.15. The van der Waals surface area contributed by atoms with Crippen LogP contribution in [0.1, 0.15) is 28.3 Å². The minimum Gasteiger partial charge on any atom is -0.465 e. The zero-order valence-electron chi connectivity index (χ0n) is 9.05. The maximum Gasteiger partial charge on any atom is 0.338 e. The van der Waals surface area contributed by atoms with E-state index in [1.54, 1.807) is 18.2 Å². The summed E-state index contributed by atoms with van der Waals surface area (Å²) >= 11 is 3.30. The Hall–Kier alpha value is -1.43. The van der Waals surface area contributed by atoms with E-state index in [-0.39, 0.29) is 10.8 Å². The second kappa shape index (κ2) is 4.44. The molecule has 0 bridgehead atoms. The number of benzene rings is 1. The van der Waals surface area contributed by atoms with Gasteiger partial charge in [-0.25, -0.2) is 4.79 Å². The fourth-order valence-corrected chi connectivity index (χ4v) is 2.26. The van der Waals surface area contributed by atoms with Crippen molar-refractivity contribution in [3.63, 3.8) is 0 Å². The van der Waals surface area contributed by atoms with Gasteiger partial charge in [-0.05, 0) is 23.8 Å². The average Bonchev–Trinajstić information content (AvgIpc) is 3.08. The van der Waals surface area contributed by atoms with Crippen LogP contribution in [0.5, 0.6) is 0 Å². The lowest BCUT2D eigenvalue weighted by atomic mass is 10.0. The molecule has 1 saturated carbocycles. The van der Waals surface area contributed by atoms with E-state index >= 15 is 0 Å². The van der Waals surface area contributed by atoms with Crippen LogP contribution < -0.4 is 0 Å². The predicted molar refractivity (Wildman–Crippen MR) is 63.6 cm³/mol. The first-order valence-electron chi connectivity index (χ1n) is 5.06. The van der Waals surface area contributed by atoms with E-state index in [0.717, 1.165) is 4.47 Å². The molecule has 0 amide bonds. The molecule has 17 heavy (non-hydrogen) atoms. The molecule has 1 aliphatic carbocycles. The lowest BCUT2D eigenvalue weighted by molar-refractivity contribution is -0.496. The van der Waals surface area contributed by atoms with Gasteiger partial charge in [0.05, 0.1) is 18.6 Å². The summed E-state index contributed by atoms with van der Waals surface area (Å²) in [5.41, 5.74) is 1.10. The number of halogens is 1. The molecule has 0 radical (unpaired) electrons. The molecule has 90 valence electrons. The van der Waals surface area contributed by atoms with E-state index in [0.29, 0.717) is 17.5 Å². The molecule has 2 atom stereocenters. The van der Waals surface area contributed by atoms with Crippen molar-refractivity contribution in [1.29, 1.82) is 0 Å². The summed E-state index contributed by atoms with van der Waals surface area (Å²) in [6, 6.07) is 4.52. The Balaban J connectivity index is 2.35. The molecule has 0 N–H and O–H groups in total. The number of nitrogens with zero attached hydrogens (tertiary/aromatic N) is 1. The Morgan fingerprint density at radius 1 is 1.59 bits per heavy atom. The van der Waals surface area contributed by atoms with Gasteiger partial charge >= 0.3 is 5.97 Å². The van der Waals surface area contributed by atoms with Crippen LogP contribution in [0.4, 0.5) is 0 Å². The first kappa shape index (κ1) is 12.0. The van der Waals surface area contributed by atoms with Gasteiger partial charge in [0.25, 0.3) is 0 Å². The number of rotatable bonds is 3. The van der Waals surface area contributed by atoms with Crippen LogP contribution in [0.15, 0.2) is 22.7 Å². The first-order valence-corrected chi connectivity index (χ1v) is 5.85. The molecule has 1 aromatic rings. The Morgan fingerprint density at radius 2 is 2.29 bits per heavy atom. The van der Waals surface area contributed by atoms with Gasteiger partial charge < -0.3 is 4.74 Å². The lowest BCUT2D eigenvalue weighted by Gasteiger charge is -2.06. The molecule has 0 heterocycles. The van der Waals surface area contributed by atoms with E-state index in [2.05, 4.69) is 20.7 Å². The van der Waals surface area contributed by atoms with Crippen LogP contribution in [0.25, 0.3) is 0 Å². The van der Waals surface area contributed by atoms with Gasteiger partial charge in [-0.1, -0.05) is 15.9 Å². The molecule has 6 heteroatoms. The molecule has 0 unspecified atom stereocenters. The molecule has 1 aromatic carbocycles. The van der Waals surface area contributed by atoms with Crippen molar-refractivity contribution in [2.75, 3.05) is 7.11 Å². The normalized spacial score (nSPS) is 22.0. The fraction of sp³-hybridized carbons (Fsp3) is 0.364. The van der Waals surface area contributed by atoms with Gasteiger partial charge in [0, 0.05) is 15.8 Å². The topological polar surface area (TPSA) is 69.4 Å². The number of hydrogen-bond acceptors (Lipinski definition) is 4. The maximum atomic E-state index is 11.5. The van der Waals surface area contributed by atoms with Crippen molar-refractivity contribution in [1.82, 2.24) is 0 Å². The van der Waals surface area contributed by atoms with Crippen molar-refractivity contribution in [2.24, 2.45) is 0 Å². The standard InChI is InChI=1S/C11H10BrNO4/c1-17-11(14)7-3-2-6(12)4-8(7)9-5-10(9)13(15)16/h2-4,9-10H,5H2,1H3/t9-,10-/m0/s1. The highest BCUT2D eigenvalue weighted by Gasteiger charge is 2.50. The zero-order chi connectivity index (χ0) is 12.6. The largest absolute Gasteiger partial charge is 0.465 e. The monoisotopic (exact) mass is 299 g/mol. The van der Waals surface area contributed by atoms with Crippen LogP contribution in [0, 0.1) is 10.1 Å². The summed E-state index contributed by atoms with van der Waals surface area (Å²) in [6.45, 7) is 0. The number of carbonyl (C=O) groups is 1. The maximum absolute atomic E-state index is 11.5. The molecule has 0 aromatic heterocycles. The van der Waals surface area contributed by atoms with Gasteiger partial charge in [-0.15, -0.1) is 0 Å². The fourth-order valence-electron chi connectivity index (χ4n) is 1.89. The lowest BCUT2D eigenvalue weighted by Crippen LogP contribution is -2.08. The molecule has 5 nitrogen and oxygen atoms in total. The summed E-state index contributed by atoms with van der Waals surface area (Å²) in [4.78, 5) is 21.9. The molecular weight excluding hydrogens is 290 g/mol. The van der Waals surface area contributed by atoms with Crippen molar-refractivity contribution in [3.05, 3.63) is 43.9 Å². The first-order chi connectivity index (χ1) is 8.04. The molecule has 1 aliphatic rings. The van der Waals surface area contributed by atoms with Gasteiger partial charge in [-0.2, -0.15) is 0 Å². The van der Waals surface area contributed by atoms with Crippen LogP contribution >= 0.6 is 15.9 Å². The Morgan fingerprint density at radius 3 is 2.82 bits per heavy atom. The quantitative estimate of drug-likeness (QED) is 0.488. The number of carbonyl (C=O) groups excluding carboxylic acids is 1. The smallest absolute Gasteiger partial charge is 0.338 e. The number of nitro groups is 1. The number of esters is 1. The van der Waals surface area contributed by atoms with E-state index in [9.17, 15) is 14.9 Å². The summed E-state index contributed by atoms with van der Waals surface area (Å²) in [5.74, 6) is -0.641. The minimum atomic E-state index is -0.576. The van der Waals surface area contributed by atoms with E-state index in [4.69, 9.17) is 0 Å². The second-order valence-electron chi connectivity index (χ2n) is 3.92. The van der Waals surface area contributed by atoms with E-state index in [1.807, 2.05) is 0 Å². The predicted octanol–water partition coefficient (Wildman–Crippen LogP) is 2.37. The highest BCUT2D eigenvalue weighted by Crippen LogP contribution is 2.45. The van der Waals surface area contributed by atoms with Crippen molar-refractivity contribution in [2.45, 2.75) is 18.4 Å². The van der Waals surface area contributed by atoms with Crippen LogP contribution in [0.3, 0.4) is 0 Å². The summed E-state index contributed by atoms with van der Waals surface area (Å²) in [6.07, 6.45) is 0.480. The molecular formula is C11H10BrNO4. The van der Waals surface area contributed by atoms with Crippen molar-refractivity contribution in [3.8, 4) is 0 Å². The van der Waals surface area contributed by atoms with Crippen LogP contribution in [-0.4, -0.2) is 24.0 Å². The highest BCUT2D eigenvalue weighted by atomic mass is 79.9. The van der Waals surface area contributed by atoms with Crippen LogP contribution in [-0.2, 0) is 4.74 Å². The summed E-state index contributed by atoms with van der Waals surface area (Å²) in [7, 11) is 1.30. The van der Waals surface area contributed by atoms with Gasteiger partial charge in [0.1, 0.15) is 0 Å². The summed E-state index contributed by atoms with van der Waals surface area (Å²) in [5, 5.41) is 10.7. The third-order valence-corrected chi connectivity index (χ3v) is 3.34. The molecule has 0 spiro atoms. The van der Waals surface area contributed by atoms with E-state index in [1.165, 1.54) is 7.11 Å². The highest BCUT2D eigenvalue weighted by molar-refractivity contribution is 9.10. The van der Waals surface area contributed by atoms with Crippen molar-refractivity contribution >= 4 is 21.9 Å². The van der Waals surface area contributed by atoms with Crippen LogP contribution in [0.2, 0.25) is 0 Å². The van der Waals surface area contributed by atoms with E-state index < -0.39 is 12.0 Å². The van der Waals surface area contributed by atoms with Gasteiger partial charge in [0.2, 0.25) is 6.04 Å². The van der Waals surface area contributed by atoms with Crippen molar-refractivity contribution < 1.29 is 14.5 Å². The van der Waals surface area contributed by atoms with Gasteiger partial charge in [-0.3, -0.25) is 10.1 Å². The molecule has 2 rings (SSSR count). The minimum absolute atomic E-state index is 0.184. The Labute approximate surface area is 106 Å². The number of methoxy groups -OCH3 is 1. The SMILES string of the molecule is COC(=O)c1ccc(Br)cc1[C@@H]1C[C@@H]1[N+](=O)[O-]. The molecule has 0 aliphatic heterocycles. The third-order valence-electron chi connectivity index (χ3n) is 2.85. The number of ether oxygens (including phenoxy) is 1. The zero-order valence-corrected chi connectivity index (χ0v) is 10.6. The summed E-state index contributed by atoms with van der Waals surface area (Å²) < 4.78 is 5.47. The van der Waals surface area contributed by atoms with Gasteiger partial charge in [0.15, 0.2) is 0 Å². The Bertz CT molecular complexity index is 488. The second-order valence-corrected chi connectivity index (χ2v) is 4.83. The average molecular weight is 300 g/mol. The number of hydrogen-bond donors (Lipinski definition) is 0. The third kappa shape index (κ3) is 2.31. The molecule has 0 saturated heterocycles.